The first-order valence-corrected chi connectivity index (χ1v) is 8.89. The lowest BCUT2D eigenvalue weighted by Crippen LogP contribution is -2.41. The molecular formula is C15H20N2O2S2. The van der Waals surface area contributed by atoms with Crippen LogP contribution in [0.3, 0.4) is 0 Å². The molecule has 2 aromatic heterocycles. The summed E-state index contributed by atoms with van der Waals surface area (Å²) < 4.78 is 5.39. The molecule has 1 aliphatic rings. The van der Waals surface area contributed by atoms with Crippen molar-refractivity contribution in [3.63, 3.8) is 0 Å². The molecule has 0 saturated carbocycles. The zero-order valence-electron chi connectivity index (χ0n) is 11.9. The van der Waals surface area contributed by atoms with Crippen LogP contribution in [0.25, 0.3) is 9.88 Å². The summed E-state index contributed by atoms with van der Waals surface area (Å²) in [6.07, 6.45) is 3.81. The van der Waals surface area contributed by atoms with Gasteiger partial charge in [-0.05, 0) is 24.3 Å². The third-order valence-corrected chi connectivity index (χ3v) is 6.01. The van der Waals surface area contributed by atoms with Crippen LogP contribution in [0.1, 0.15) is 17.7 Å². The molecule has 0 spiro atoms. The van der Waals surface area contributed by atoms with E-state index in [1.165, 1.54) is 9.75 Å². The molecule has 1 aliphatic heterocycles. The number of aromatic nitrogens is 1. The Morgan fingerprint density at radius 1 is 1.38 bits per heavy atom. The second kappa shape index (κ2) is 6.98. The van der Waals surface area contributed by atoms with Crippen LogP contribution in [0.4, 0.5) is 0 Å². The molecule has 4 nitrogen and oxygen atoms in total. The third kappa shape index (κ3) is 3.70. The van der Waals surface area contributed by atoms with Crippen molar-refractivity contribution in [2.24, 2.45) is 5.41 Å². The number of ether oxygens (including phenoxy) is 1. The van der Waals surface area contributed by atoms with E-state index in [1.807, 2.05) is 6.20 Å². The number of hydrogen-bond donors (Lipinski definition) is 2. The Balaban J connectivity index is 1.53. The molecule has 0 radical (unpaired) electrons. The number of rotatable bonds is 6. The highest BCUT2D eigenvalue weighted by molar-refractivity contribution is 7.20. The molecule has 6 heteroatoms. The van der Waals surface area contributed by atoms with Crippen molar-refractivity contribution in [1.29, 1.82) is 0 Å². The van der Waals surface area contributed by atoms with Crippen molar-refractivity contribution in [2.75, 3.05) is 26.4 Å². The van der Waals surface area contributed by atoms with Crippen molar-refractivity contribution in [1.82, 2.24) is 10.3 Å². The normalized spacial score (nSPS) is 18.0. The topological polar surface area (TPSA) is 54.4 Å². The molecule has 0 unspecified atom stereocenters. The zero-order chi connectivity index (χ0) is 14.5. The van der Waals surface area contributed by atoms with Gasteiger partial charge in [0, 0.05) is 42.8 Å². The minimum atomic E-state index is -0.0144. The van der Waals surface area contributed by atoms with Crippen molar-refractivity contribution in [3.05, 3.63) is 28.6 Å². The van der Waals surface area contributed by atoms with Crippen LogP contribution in [0.5, 0.6) is 0 Å². The summed E-state index contributed by atoms with van der Waals surface area (Å²) in [6, 6.07) is 4.15. The van der Waals surface area contributed by atoms with Gasteiger partial charge in [0.15, 0.2) is 0 Å². The SMILES string of the molecule is OCC1(CNCc2cnc(-c3cccs3)s2)CCOCC1. The standard InChI is InChI=1S/C15H20N2O2S2/c18-11-15(3-5-19-6-4-15)10-16-8-12-9-17-14(21-12)13-2-1-7-20-13/h1-2,7,9,16,18H,3-6,8,10-11H2. The molecule has 1 saturated heterocycles. The quantitative estimate of drug-likeness (QED) is 0.858. The largest absolute Gasteiger partial charge is 0.396 e. The second-order valence-electron chi connectivity index (χ2n) is 5.48. The number of thiophene rings is 1. The summed E-state index contributed by atoms with van der Waals surface area (Å²) >= 11 is 3.45. The van der Waals surface area contributed by atoms with Crippen molar-refractivity contribution >= 4 is 22.7 Å². The van der Waals surface area contributed by atoms with Crippen molar-refractivity contribution in [2.45, 2.75) is 19.4 Å². The van der Waals surface area contributed by atoms with Gasteiger partial charge >= 0.3 is 0 Å². The highest BCUT2D eigenvalue weighted by Crippen LogP contribution is 2.30. The van der Waals surface area contributed by atoms with Crippen LogP contribution < -0.4 is 5.32 Å². The van der Waals surface area contributed by atoms with Crippen LogP contribution in [0.2, 0.25) is 0 Å². The number of aliphatic hydroxyl groups is 1. The molecule has 0 atom stereocenters. The summed E-state index contributed by atoms with van der Waals surface area (Å²) in [5, 5.41) is 16.3. The summed E-state index contributed by atoms with van der Waals surface area (Å²) in [4.78, 5) is 6.94. The van der Waals surface area contributed by atoms with E-state index in [0.29, 0.717) is 0 Å². The van der Waals surface area contributed by atoms with Crippen molar-refractivity contribution < 1.29 is 9.84 Å². The molecule has 0 bridgehead atoms. The van der Waals surface area contributed by atoms with Gasteiger partial charge in [-0.15, -0.1) is 22.7 Å². The first-order valence-electron chi connectivity index (χ1n) is 7.19. The summed E-state index contributed by atoms with van der Waals surface area (Å²) in [5.41, 5.74) is -0.0144. The molecule has 0 aliphatic carbocycles. The van der Waals surface area contributed by atoms with Gasteiger partial charge in [0.05, 0.1) is 11.5 Å². The van der Waals surface area contributed by atoms with Gasteiger partial charge in [-0.2, -0.15) is 0 Å². The molecule has 0 amide bonds. The summed E-state index contributed by atoms with van der Waals surface area (Å²) in [6.45, 7) is 3.38. The highest BCUT2D eigenvalue weighted by atomic mass is 32.1. The molecule has 0 aromatic carbocycles. The third-order valence-electron chi connectivity index (χ3n) is 3.97. The maximum absolute atomic E-state index is 9.66. The van der Waals surface area contributed by atoms with Crippen LogP contribution in [-0.4, -0.2) is 36.5 Å². The predicted molar refractivity (Wildman–Crippen MR) is 86.7 cm³/mol. The molecule has 1 fully saturated rings. The molecule has 21 heavy (non-hydrogen) atoms. The van der Waals surface area contributed by atoms with Gasteiger partial charge in [-0.25, -0.2) is 4.98 Å². The lowest BCUT2D eigenvalue weighted by atomic mass is 9.81. The van der Waals surface area contributed by atoms with Crippen LogP contribution in [0, 0.1) is 5.41 Å². The zero-order valence-corrected chi connectivity index (χ0v) is 13.5. The highest BCUT2D eigenvalue weighted by Gasteiger charge is 2.31. The lowest BCUT2D eigenvalue weighted by molar-refractivity contribution is -0.0153. The number of nitrogens with zero attached hydrogens (tertiary/aromatic N) is 1. The molecule has 2 N–H and O–H groups in total. The van der Waals surface area contributed by atoms with Crippen LogP contribution >= 0.6 is 22.7 Å². The Morgan fingerprint density at radius 3 is 2.95 bits per heavy atom. The number of thiazole rings is 1. The molecular weight excluding hydrogens is 304 g/mol. The summed E-state index contributed by atoms with van der Waals surface area (Å²) in [5.74, 6) is 0. The van der Waals surface area contributed by atoms with E-state index in [0.717, 1.165) is 44.2 Å². The fourth-order valence-electron chi connectivity index (χ4n) is 2.55. The van der Waals surface area contributed by atoms with E-state index in [9.17, 15) is 5.11 Å². The van der Waals surface area contributed by atoms with Gasteiger partial charge in [0.1, 0.15) is 5.01 Å². The Morgan fingerprint density at radius 2 is 2.24 bits per heavy atom. The first kappa shape index (κ1) is 15.1. The van der Waals surface area contributed by atoms with Gasteiger partial charge in [-0.3, -0.25) is 0 Å². The van der Waals surface area contributed by atoms with Gasteiger partial charge in [0.2, 0.25) is 0 Å². The second-order valence-corrected chi connectivity index (χ2v) is 7.55. The van der Waals surface area contributed by atoms with Crippen LogP contribution in [-0.2, 0) is 11.3 Å². The monoisotopic (exact) mass is 324 g/mol. The average Bonchev–Trinajstić information content (AvgIpc) is 3.19. The van der Waals surface area contributed by atoms with Crippen molar-refractivity contribution in [3.8, 4) is 9.88 Å². The number of nitrogens with one attached hydrogen (secondary N) is 1. The Labute approximate surface area is 132 Å². The molecule has 2 aromatic rings. The van der Waals surface area contributed by atoms with Crippen LogP contribution in [0.15, 0.2) is 23.7 Å². The predicted octanol–water partition coefficient (Wildman–Crippen LogP) is 2.75. The van der Waals surface area contributed by atoms with Gasteiger partial charge in [-0.1, -0.05) is 6.07 Å². The Hall–Kier alpha value is -0.790. The Kier molecular flexibility index (Phi) is 5.03. The maximum atomic E-state index is 9.66. The smallest absolute Gasteiger partial charge is 0.133 e. The van der Waals surface area contributed by atoms with E-state index in [4.69, 9.17) is 4.74 Å². The molecule has 3 heterocycles. The van der Waals surface area contributed by atoms with E-state index in [1.54, 1.807) is 22.7 Å². The van der Waals surface area contributed by atoms with Gasteiger partial charge in [0.25, 0.3) is 0 Å². The van der Waals surface area contributed by atoms with E-state index in [-0.39, 0.29) is 12.0 Å². The van der Waals surface area contributed by atoms with E-state index < -0.39 is 0 Å². The lowest BCUT2D eigenvalue weighted by Gasteiger charge is -2.35. The summed E-state index contributed by atoms with van der Waals surface area (Å²) in [7, 11) is 0. The minimum absolute atomic E-state index is 0.0144. The first-order chi connectivity index (χ1) is 10.3. The average molecular weight is 324 g/mol. The molecule has 114 valence electrons. The number of hydrogen-bond acceptors (Lipinski definition) is 6. The Bertz CT molecular complexity index is 548. The number of aliphatic hydroxyl groups excluding tert-OH is 1. The van der Waals surface area contributed by atoms with E-state index in [2.05, 4.69) is 27.8 Å². The van der Waals surface area contributed by atoms with Gasteiger partial charge < -0.3 is 15.2 Å². The van der Waals surface area contributed by atoms with E-state index >= 15 is 0 Å². The maximum Gasteiger partial charge on any atom is 0.133 e. The molecule has 3 rings (SSSR count). The fraction of sp³-hybridized carbons (Fsp3) is 0.533. The fourth-order valence-corrected chi connectivity index (χ4v) is 4.24. The minimum Gasteiger partial charge on any atom is -0.396 e.